The van der Waals surface area contributed by atoms with Crippen molar-refractivity contribution in [2.75, 3.05) is 6.61 Å². The van der Waals surface area contributed by atoms with Crippen LogP contribution in [-0.2, 0) is 10.3 Å². The standard InChI is InChI=1S/C14H20O2/c1-2-10-14(15,13-9-6-11-16-13)12-7-4-3-5-8-12/h3-5,7-8,13,15H,2,6,9-11H2,1H3. The van der Waals surface area contributed by atoms with Crippen molar-refractivity contribution in [2.24, 2.45) is 0 Å². The van der Waals surface area contributed by atoms with Crippen LogP contribution in [0.15, 0.2) is 30.3 Å². The fourth-order valence-electron chi connectivity index (χ4n) is 2.55. The fourth-order valence-corrected chi connectivity index (χ4v) is 2.55. The van der Waals surface area contributed by atoms with E-state index in [0.717, 1.165) is 37.9 Å². The van der Waals surface area contributed by atoms with Crippen molar-refractivity contribution in [2.45, 2.75) is 44.3 Å². The summed E-state index contributed by atoms with van der Waals surface area (Å²) in [5.74, 6) is 0. The van der Waals surface area contributed by atoms with E-state index in [1.165, 1.54) is 0 Å². The van der Waals surface area contributed by atoms with E-state index in [1.54, 1.807) is 0 Å². The highest BCUT2D eigenvalue weighted by molar-refractivity contribution is 5.24. The number of hydrogen-bond donors (Lipinski definition) is 1. The van der Waals surface area contributed by atoms with E-state index in [1.807, 2.05) is 30.3 Å². The van der Waals surface area contributed by atoms with E-state index in [2.05, 4.69) is 6.92 Å². The molecule has 0 aromatic heterocycles. The van der Waals surface area contributed by atoms with E-state index in [0.29, 0.717) is 0 Å². The Hall–Kier alpha value is -0.860. The molecule has 0 bridgehead atoms. The van der Waals surface area contributed by atoms with Gasteiger partial charge in [0, 0.05) is 6.61 Å². The van der Waals surface area contributed by atoms with Crippen molar-refractivity contribution in [1.29, 1.82) is 0 Å². The van der Waals surface area contributed by atoms with Gasteiger partial charge in [-0.25, -0.2) is 0 Å². The van der Waals surface area contributed by atoms with Gasteiger partial charge >= 0.3 is 0 Å². The highest BCUT2D eigenvalue weighted by Gasteiger charge is 2.40. The first kappa shape index (κ1) is 11.6. The summed E-state index contributed by atoms with van der Waals surface area (Å²) in [6, 6.07) is 9.93. The van der Waals surface area contributed by atoms with Gasteiger partial charge < -0.3 is 9.84 Å². The van der Waals surface area contributed by atoms with Crippen molar-refractivity contribution in [1.82, 2.24) is 0 Å². The maximum absolute atomic E-state index is 10.9. The van der Waals surface area contributed by atoms with Crippen LogP contribution >= 0.6 is 0 Å². The molecule has 1 saturated heterocycles. The molecule has 0 radical (unpaired) electrons. The summed E-state index contributed by atoms with van der Waals surface area (Å²) in [6.45, 7) is 2.88. The summed E-state index contributed by atoms with van der Waals surface area (Å²) in [7, 11) is 0. The first-order valence-corrected chi connectivity index (χ1v) is 6.17. The Labute approximate surface area is 97.3 Å². The summed E-state index contributed by atoms with van der Waals surface area (Å²) < 4.78 is 5.68. The van der Waals surface area contributed by atoms with Crippen molar-refractivity contribution in [3.8, 4) is 0 Å². The molecule has 1 heterocycles. The third-order valence-corrected chi connectivity index (χ3v) is 3.37. The van der Waals surface area contributed by atoms with Crippen LogP contribution in [0, 0.1) is 0 Å². The molecule has 2 unspecified atom stereocenters. The number of benzene rings is 1. The highest BCUT2D eigenvalue weighted by atomic mass is 16.5. The number of hydrogen-bond acceptors (Lipinski definition) is 2. The normalized spacial score (nSPS) is 24.2. The number of ether oxygens (including phenoxy) is 1. The molecule has 0 spiro atoms. The van der Waals surface area contributed by atoms with Crippen LogP contribution in [0.1, 0.15) is 38.2 Å². The van der Waals surface area contributed by atoms with Crippen LogP contribution in [0.25, 0.3) is 0 Å². The van der Waals surface area contributed by atoms with Gasteiger partial charge in [-0.3, -0.25) is 0 Å². The van der Waals surface area contributed by atoms with Crippen LogP contribution in [-0.4, -0.2) is 17.8 Å². The third kappa shape index (κ3) is 2.13. The van der Waals surface area contributed by atoms with E-state index in [9.17, 15) is 5.11 Å². The second-order valence-electron chi connectivity index (χ2n) is 4.54. The van der Waals surface area contributed by atoms with Crippen LogP contribution in [0.4, 0.5) is 0 Å². The fraction of sp³-hybridized carbons (Fsp3) is 0.571. The molecule has 1 aliphatic rings. The lowest BCUT2D eigenvalue weighted by Crippen LogP contribution is -2.39. The number of aliphatic hydroxyl groups is 1. The maximum Gasteiger partial charge on any atom is 0.116 e. The largest absolute Gasteiger partial charge is 0.382 e. The molecule has 1 aromatic rings. The highest BCUT2D eigenvalue weighted by Crippen LogP contribution is 2.36. The van der Waals surface area contributed by atoms with E-state index in [4.69, 9.17) is 4.74 Å². The monoisotopic (exact) mass is 220 g/mol. The molecule has 16 heavy (non-hydrogen) atoms. The average molecular weight is 220 g/mol. The summed E-state index contributed by atoms with van der Waals surface area (Å²) in [5, 5.41) is 10.9. The first-order valence-electron chi connectivity index (χ1n) is 6.17. The molecular weight excluding hydrogens is 200 g/mol. The van der Waals surface area contributed by atoms with Gasteiger partial charge in [-0.05, 0) is 24.8 Å². The average Bonchev–Trinajstić information content (AvgIpc) is 2.84. The zero-order valence-corrected chi connectivity index (χ0v) is 9.86. The van der Waals surface area contributed by atoms with Crippen LogP contribution in [0.2, 0.25) is 0 Å². The van der Waals surface area contributed by atoms with Crippen LogP contribution in [0.3, 0.4) is 0 Å². The maximum atomic E-state index is 10.9. The smallest absolute Gasteiger partial charge is 0.116 e. The molecule has 0 saturated carbocycles. The second-order valence-corrected chi connectivity index (χ2v) is 4.54. The Balaban J connectivity index is 2.27. The lowest BCUT2D eigenvalue weighted by Gasteiger charge is -2.33. The zero-order chi connectivity index (χ0) is 11.4. The van der Waals surface area contributed by atoms with Crippen LogP contribution in [0.5, 0.6) is 0 Å². The molecule has 2 rings (SSSR count). The summed E-state index contributed by atoms with van der Waals surface area (Å²) in [5.41, 5.74) is 0.190. The van der Waals surface area contributed by atoms with E-state index >= 15 is 0 Å². The van der Waals surface area contributed by atoms with Crippen molar-refractivity contribution in [3.63, 3.8) is 0 Å². The molecule has 1 aliphatic heterocycles. The van der Waals surface area contributed by atoms with Gasteiger partial charge in [0.25, 0.3) is 0 Å². The Morgan fingerprint density at radius 1 is 1.38 bits per heavy atom. The Bertz CT molecular complexity index is 317. The predicted molar refractivity (Wildman–Crippen MR) is 64.2 cm³/mol. The second kappa shape index (κ2) is 4.98. The van der Waals surface area contributed by atoms with Gasteiger partial charge in [-0.1, -0.05) is 43.7 Å². The summed E-state index contributed by atoms with van der Waals surface area (Å²) in [4.78, 5) is 0. The number of rotatable bonds is 4. The van der Waals surface area contributed by atoms with Gasteiger partial charge in [0.05, 0.1) is 6.10 Å². The topological polar surface area (TPSA) is 29.5 Å². The lowest BCUT2D eigenvalue weighted by atomic mass is 9.83. The van der Waals surface area contributed by atoms with Crippen molar-refractivity contribution < 1.29 is 9.84 Å². The van der Waals surface area contributed by atoms with Gasteiger partial charge in [-0.2, -0.15) is 0 Å². The molecule has 1 aromatic carbocycles. The molecule has 2 heteroatoms. The lowest BCUT2D eigenvalue weighted by molar-refractivity contribution is -0.0957. The van der Waals surface area contributed by atoms with E-state index < -0.39 is 5.60 Å². The minimum Gasteiger partial charge on any atom is -0.382 e. The first-order chi connectivity index (χ1) is 7.77. The summed E-state index contributed by atoms with van der Waals surface area (Å²) >= 11 is 0. The molecule has 0 amide bonds. The van der Waals surface area contributed by atoms with Gasteiger partial charge in [0.2, 0.25) is 0 Å². The van der Waals surface area contributed by atoms with E-state index in [-0.39, 0.29) is 6.10 Å². The van der Waals surface area contributed by atoms with Crippen molar-refractivity contribution in [3.05, 3.63) is 35.9 Å². The Morgan fingerprint density at radius 2 is 2.12 bits per heavy atom. The predicted octanol–water partition coefficient (Wildman–Crippen LogP) is 2.85. The Kier molecular flexibility index (Phi) is 3.62. The molecule has 2 atom stereocenters. The molecule has 1 fully saturated rings. The minimum absolute atomic E-state index is 0.0325. The molecule has 2 nitrogen and oxygen atoms in total. The Morgan fingerprint density at radius 3 is 2.69 bits per heavy atom. The third-order valence-electron chi connectivity index (χ3n) is 3.37. The van der Waals surface area contributed by atoms with Crippen LogP contribution < -0.4 is 0 Å². The zero-order valence-electron chi connectivity index (χ0n) is 9.86. The van der Waals surface area contributed by atoms with Gasteiger partial charge in [-0.15, -0.1) is 0 Å². The molecular formula is C14H20O2. The van der Waals surface area contributed by atoms with Gasteiger partial charge in [0.1, 0.15) is 5.60 Å². The quantitative estimate of drug-likeness (QED) is 0.845. The molecule has 0 aliphatic carbocycles. The summed E-state index contributed by atoms with van der Waals surface area (Å²) in [6.07, 6.45) is 3.72. The molecule has 1 N–H and O–H groups in total. The van der Waals surface area contributed by atoms with Crippen molar-refractivity contribution >= 4 is 0 Å². The SMILES string of the molecule is CCCC(O)(c1ccccc1)C1CCCO1. The van der Waals surface area contributed by atoms with Gasteiger partial charge in [0.15, 0.2) is 0 Å². The minimum atomic E-state index is -0.799. The molecule has 88 valence electrons.